The molecule has 1 heterocycles. The SMILES string of the molecule is CNCc1occc1COc1ccc(Br)c(F)c1. The second-order valence-corrected chi connectivity index (χ2v) is 4.62. The third kappa shape index (κ3) is 3.11. The fourth-order valence-corrected chi connectivity index (χ4v) is 1.79. The highest BCUT2D eigenvalue weighted by Crippen LogP contribution is 2.22. The topological polar surface area (TPSA) is 34.4 Å². The van der Waals surface area contributed by atoms with Gasteiger partial charge in [-0.25, -0.2) is 4.39 Å². The van der Waals surface area contributed by atoms with E-state index in [2.05, 4.69) is 21.2 Å². The largest absolute Gasteiger partial charge is 0.489 e. The molecule has 2 aromatic rings. The summed E-state index contributed by atoms with van der Waals surface area (Å²) < 4.78 is 24.6. The van der Waals surface area contributed by atoms with Gasteiger partial charge in [-0.05, 0) is 41.2 Å². The number of furan rings is 1. The van der Waals surface area contributed by atoms with Crippen molar-refractivity contribution in [2.75, 3.05) is 7.05 Å². The van der Waals surface area contributed by atoms with Gasteiger partial charge in [0.2, 0.25) is 0 Å². The van der Waals surface area contributed by atoms with Crippen molar-refractivity contribution in [1.29, 1.82) is 0 Å². The van der Waals surface area contributed by atoms with Crippen molar-refractivity contribution in [3.05, 3.63) is 52.1 Å². The van der Waals surface area contributed by atoms with Gasteiger partial charge in [0, 0.05) is 11.6 Å². The van der Waals surface area contributed by atoms with Gasteiger partial charge in [-0.1, -0.05) is 0 Å². The predicted octanol–water partition coefficient (Wildman–Crippen LogP) is 3.48. The average Bonchev–Trinajstić information content (AvgIpc) is 2.79. The third-order valence-electron chi connectivity index (χ3n) is 2.46. The van der Waals surface area contributed by atoms with Crippen molar-refractivity contribution in [2.24, 2.45) is 0 Å². The standard InChI is InChI=1S/C13H13BrFNO2/c1-16-7-13-9(4-5-17-13)8-18-10-2-3-11(14)12(15)6-10/h2-6,16H,7-8H2,1H3. The normalized spacial score (nSPS) is 10.6. The lowest BCUT2D eigenvalue weighted by molar-refractivity contribution is 0.300. The second kappa shape index (κ2) is 6.02. The lowest BCUT2D eigenvalue weighted by Crippen LogP contribution is -2.07. The first-order chi connectivity index (χ1) is 8.70. The summed E-state index contributed by atoms with van der Waals surface area (Å²) in [6.07, 6.45) is 1.62. The van der Waals surface area contributed by atoms with E-state index in [1.165, 1.54) is 6.07 Å². The van der Waals surface area contributed by atoms with Gasteiger partial charge >= 0.3 is 0 Å². The number of benzene rings is 1. The van der Waals surface area contributed by atoms with Crippen LogP contribution >= 0.6 is 15.9 Å². The molecule has 0 amide bonds. The zero-order valence-corrected chi connectivity index (χ0v) is 11.5. The summed E-state index contributed by atoms with van der Waals surface area (Å²) in [6.45, 7) is 0.995. The van der Waals surface area contributed by atoms with Crippen molar-refractivity contribution in [3.63, 3.8) is 0 Å². The molecule has 2 rings (SSSR count). The van der Waals surface area contributed by atoms with Crippen LogP contribution in [0.2, 0.25) is 0 Å². The monoisotopic (exact) mass is 313 g/mol. The Balaban J connectivity index is 2.02. The highest BCUT2D eigenvalue weighted by molar-refractivity contribution is 9.10. The maximum absolute atomic E-state index is 13.3. The molecule has 0 bridgehead atoms. The first kappa shape index (κ1) is 13.1. The van der Waals surface area contributed by atoms with Gasteiger partial charge in [0.1, 0.15) is 23.9 Å². The first-order valence-electron chi connectivity index (χ1n) is 5.48. The molecule has 0 radical (unpaired) electrons. The van der Waals surface area contributed by atoms with E-state index in [0.717, 1.165) is 11.3 Å². The molecule has 3 nitrogen and oxygen atoms in total. The Labute approximate surface area is 113 Å². The zero-order valence-electron chi connectivity index (χ0n) is 9.87. The molecule has 0 aliphatic heterocycles. The van der Waals surface area contributed by atoms with Crippen LogP contribution < -0.4 is 10.1 Å². The molecule has 5 heteroatoms. The van der Waals surface area contributed by atoms with E-state index in [0.29, 0.717) is 23.4 Å². The van der Waals surface area contributed by atoms with Crippen molar-refractivity contribution < 1.29 is 13.5 Å². The van der Waals surface area contributed by atoms with E-state index in [1.807, 2.05) is 13.1 Å². The summed E-state index contributed by atoms with van der Waals surface area (Å²) in [7, 11) is 1.84. The molecule has 0 atom stereocenters. The Bertz CT molecular complexity index is 527. The highest BCUT2D eigenvalue weighted by atomic mass is 79.9. The van der Waals surface area contributed by atoms with Gasteiger partial charge in [0.15, 0.2) is 0 Å². The Hall–Kier alpha value is -1.33. The minimum absolute atomic E-state index is 0.338. The molecule has 1 aromatic carbocycles. The lowest BCUT2D eigenvalue weighted by atomic mass is 10.2. The summed E-state index contributed by atoms with van der Waals surface area (Å²) in [4.78, 5) is 0. The highest BCUT2D eigenvalue weighted by Gasteiger charge is 2.07. The molecule has 0 aliphatic carbocycles. The number of rotatable bonds is 5. The minimum atomic E-state index is -0.338. The van der Waals surface area contributed by atoms with Crippen LogP contribution in [0.3, 0.4) is 0 Å². The fraction of sp³-hybridized carbons (Fsp3) is 0.231. The summed E-state index contributed by atoms with van der Waals surface area (Å²) in [6, 6.07) is 6.53. The van der Waals surface area contributed by atoms with Crippen LogP contribution in [-0.4, -0.2) is 7.05 Å². The molecule has 0 spiro atoms. The maximum Gasteiger partial charge on any atom is 0.141 e. The quantitative estimate of drug-likeness (QED) is 0.917. The molecule has 1 N–H and O–H groups in total. The average molecular weight is 314 g/mol. The zero-order chi connectivity index (χ0) is 13.0. The van der Waals surface area contributed by atoms with E-state index in [-0.39, 0.29) is 5.82 Å². The fourth-order valence-electron chi connectivity index (χ4n) is 1.54. The minimum Gasteiger partial charge on any atom is -0.489 e. The van der Waals surface area contributed by atoms with Crippen LogP contribution in [-0.2, 0) is 13.2 Å². The number of hydrogen-bond donors (Lipinski definition) is 1. The number of halogens is 2. The van der Waals surface area contributed by atoms with Crippen molar-refractivity contribution in [1.82, 2.24) is 5.32 Å². The molecule has 1 aromatic heterocycles. The molecule has 0 saturated carbocycles. The van der Waals surface area contributed by atoms with Crippen molar-refractivity contribution in [3.8, 4) is 5.75 Å². The van der Waals surface area contributed by atoms with E-state index in [1.54, 1.807) is 18.4 Å². The van der Waals surface area contributed by atoms with Gasteiger partial charge in [-0.15, -0.1) is 0 Å². The van der Waals surface area contributed by atoms with Gasteiger partial charge in [-0.3, -0.25) is 0 Å². The summed E-state index contributed by atoms with van der Waals surface area (Å²) in [5.41, 5.74) is 0.952. The maximum atomic E-state index is 13.3. The molecular formula is C13H13BrFNO2. The van der Waals surface area contributed by atoms with E-state index in [9.17, 15) is 4.39 Å². The van der Waals surface area contributed by atoms with Gasteiger partial charge in [0.05, 0.1) is 17.3 Å². The Morgan fingerprint density at radius 1 is 1.39 bits per heavy atom. The first-order valence-corrected chi connectivity index (χ1v) is 6.27. The lowest BCUT2D eigenvalue weighted by Gasteiger charge is -2.07. The van der Waals surface area contributed by atoms with Gasteiger partial charge in [-0.2, -0.15) is 0 Å². The van der Waals surface area contributed by atoms with E-state index < -0.39 is 0 Å². The van der Waals surface area contributed by atoms with Crippen LogP contribution in [0.1, 0.15) is 11.3 Å². The summed E-state index contributed by atoms with van der Waals surface area (Å²) in [5.74, 6) is 0.984. The molecule has 18 heavy (non-hydrogen) atoms. The Morgan fingerprint density at radius 3 is 2.94 bits per heavy atom. The van der Waals surface area contributed by atoms with Gasteiger partial charge < -0.3 is 14.5 Å². The third-order valence-corrected chi connectivity index (χ3v) is 3.10. The van der Waals surface area contributed by atoms with Crippen LogP contribution in [0.4, 0.5) is 4.39 Å². The predicted molar refractivity (Wildman–Crippen MR) is 69.9 cm³/mol. The summed E-state index contributed by atoms with van der Waals surface area (Å²) in [5, 5.41) is 3.01. The molecule has 96 valence electrons. The second-order valence-electron chi connectivity index (χ2n) is 3.76. The van der Waals surface area contributed by atoms with E-state index >= 15 is 0 Å². The smallest absolute Gasteiger partial charge is 0.141 e. The number of nitrogens with one attached hydrogen (secondary N) is 1. The van der Waals surface area contributed by atoms with Crippen LogP contribution in [0.25, 0.3) is 0 Å². The van der Waals surface area contributed by atoms with Crippen LogP contribution in [0.5, 0.6) is 5.75 Å². The number of hydrogen-bond acceptors (Lipinski definition) is 3. The van der Waals surface area contributed by atoms with Crippen LogP contribution in [0, 0.1) is 5.82 Å². The van der Waals surface area contributed by atoms with Gasteiger partial charge in [0.25, 0.3) is 0 Å². The van der Waals surface area contributed by atoms with E-state index in [4.69, 9.17) is 9.15 Å². The Morgan fingerprint density at radius 2 is 2.22 bits per heavy atom. The van der Waals surface area contributed by atoms with Crippen molar-refractivity contribution in [2.45, 2.75) is 13.2 Å². The van der Waals surface area contributed by atoms with Crippen molar-refractivity contribution >= 4 is 15.9 Å². The molecular weight excluding hydrogens is 301 g/mol. The van der Waals surface area contributed by atoms with Crippen LogP contribution in [0.15, 0.2) is 39.4 Å². The summed E-state index contributed by atoms with van der Waals surface area (Å²) >= 11 is 3.10. The molecule has 0 unspecified atom stereocenters. The number of ether oxygens (including phenoxy) is 1. The molecule has 0 fully saturated rings. The molecule has 0 saturated heterocycles. The molecule has 0 aliphatic rings. The Kier molecular flexibility index (Phi) is 4.38.